The van der Waals surface area contributed by atoms with Crippen molar-refractivity contribution in [3.8, 4) is 11.5 Å². The molecule has 36 heavy (non-hydrogen) atoms. The van der Waals surface area contributed by atoms with Crippen molar-refractivity contribution < 1.29 is 9.47 Å². The van der Waals surface area contributed by atoms with Crippen LogP contribution in [0.4, 0.5) is 0 Å². The fourth-order valence-corrected chi connectivity index (χ4v) is 9.73. The fraction of sp³-hybridized carbons (Fsp3) is 0.152. The zero-order valence-electron chi connectivity index (χ0n) is 21.4. The molecule has 4 aromatic carbocycles. The largest absolute Gasteiger partial charge is 0.497 e. The van der Waals surface area contributed by atoms with E-state index in [2.05, 4.69) is 111 Å². The Labute approximate surface area is 215 Å². The molecule has 5 rings (SSSR count). The van der Waals surface area contributed by atoms with Crippen LogP contribution in [0.3, 0.4) is 0 Å². The van der Waals surface area contributed by atoms with Gasteiger partial charge in [0.15, 0.2) is 0 Å². The molecule has 0 aliphatic carbocycles. The number of ether oxygens (including phenoxy) is 2. The molecule has 0 saturated carbocycles. The molecular formula is C33H32O2Si. The predicted molar refractivity (Wildman–Crippen MR) is 155 cm³/mol. The maximum absolute atomic E-state index is 5.67. The highest BCUT2D eigenvalue weighted by molar-refractivity contribution is 7.13. The Kier molecular flexibility index (Phi) is 6.66. The van der Waals surface area contributed by atoms with Crippen LogP contribution in [0.2, 0.25) is 12.6 Å². The first-order chi connectivity index (χ1) is 17.6. The van der Waals surface area contributed by atoms with Crippen LogP contribution in [0.15, 0.2) is 109 Å². The molecule has 0 atom stereocenters. The highest BCUT2D eigenvalue weighted by Crippen LogP contribution is 2.57. The van der Waals surface area contributed by atoms with Crippen molar-refractivity contribution in [1.82, 2.24) is 0 Å². The number of methoxy groups -OCH3 is 2. The van der Waals surface area contributed by atoms with Gasteiger partial charge in [-0.15, -0.1) is 0 Å². The monoisotopic (exact) mass is 488 g/mol. The van der Waals surface area contributed by atoms with Gasteiger partial charge in [0, 0.05) is 0 Å². The highest BCUT2D eigenvalue weighted by Gasteiger charge is 2.46. The van der Waals surface area contributed by atoms with E-state index in [1.54, 1.807) is 14.2 Å². The van der Waals surface area contributed by atoms with E-state index in [1.807, 2.05) is 12.1 Å². The maximum Gasteiger partial charge on any atom is 0.119 e. The smallest absolute Gasteiger partial charge is 0.119 e. The van der Waals surface area contributed by atoms with E-state index in [0.29, 0.717) is 0 Å². The summed E-state index contributed by atoms with van der Waals surface area (Å²) >= 11 is 0. The van der Waals surface area contributed by atoms with E-state index >= 15 is 0 Å². The number of hydrogen-bond donors (Lipinski definition) is 0. The van der Waals surface area contributed by atoms with Gasteiger partial charge in [-0.05, 0) is 68.1 Å². The number of hydrogen-bond acceptors (Lipinski definition) is 2. The quantitative estimate of drug-likeness (QED) is 0.243. The molecule has 180 valence electrons. The molecule has 0 unspecified atom stereocenters. The minimum absolute atomic E-state index is 0.885. The first-order valence-corrected chi connectivity index (χ1v) is 15.2. The minimum atomic E-state index is -2.22. The Balaban J connectivity index is 1.93. The summed E-state index contributed by atoms with van der Waals surface area (Å²) in [7, 11) is 1.27. The molecule has 4 aromatic rings. The second kappa shape index (κ2) is 10.0. The third-order valence-electron chi connectivity index (χ3n) is 7.40. The summed E-state index contributed by atoms with van der Waals surface area (Å²) in [5.74, 6) is 1.77. The summed E-state index contributed by atoms with van der Waals surface area (Å²) in [5.41, 5.74) is 7.66. The molecule has 3 heteroatoms. The molecule has 0 saturated heterocycles. The van der Waals surface area contributed by atoms with Gasteiger partial charge in [0.1, 0.15) is 19.6 Å². The Bertz CT molecular complexity index is 1330. The van der Waals surface area contributed by atoms with Gasteiger partial charge in [-0.1, -0.05) is 104 Å². The average molecular weight is 489 g/mol. The summed E-state index contributed by atoms with van der Waals surface area (Å²) in [5, 5.41) is 2.93. The molecular weight excluding hydrogens is 456 g/mol. The second-order valence-electron chi connectivity index (χ2n) is 9.38. The van der Waals surface area contributed by atoms with Crippen LogP contribution in [0.25, 0.3) is 21.5 Å². The van der Waals surface area contributed by atoms with Crippen molar-refractivity contribution in [3.63, 3.8) is 0 Å². The molecule has 0 aromatic heterocycles. The highest BCUT2D eigenvalue weighted by atomic mass is 28.3. The lowest BCUT2D eigenvalue weighted by Crippen LogP contribution is -2.32. The van der Waals surface area contributed by atoms with Crippen molar-refractivity contribution >= 4 is 29.6 Å². The van der Waals surface area contributed by atoms with Crippen molar-refractivity contribution in [3.05, 3.63) is 131 Å². The average Bonchev–Trinajstić information content (AvgIpc) is 3.23. The number of rotatable bonds is 7. The number of benzene rings is 4. The van der Waals surface area contributed by atoms with E-state index < -0.39 is 8.07 Å². The molecule has 1 aliphatic rings. The molecule has 0 spiro atoms. The Morgan fingerprint density at radius 2 is 0.917 bits per heavy atom. The van der Waals surface area contributed by atoms with E-state index in [4.69, 9.17) is 9.47 Å². The first kappa shape index (κ1) is 23.9. The molecule has 1 heterocycles. The Morgan fingerprint density at radius 1 is 0.528 bits per heavy atom. The van der Waals surface area contributed by atoms with E-state index in [-0.39, 0.29) is 0 Å². The van der Waals surface area contributed by atoms with E-state index in [1.165, 1.54) is 43.8 Å². The van der Waals surface area contributed by atoms with Gasteiger partial charge in [0.2, 0.25) is 0 Å². The van der Waals surface area contributed by atoms with Crippen LogP contribution in [0, 0.1) is 0 Å². The van der Waals surface area contributed by atoms with Gasteiger partial charge in [0.25, 0.3) is 0 Å². The van der Waals surface area contributed by atoms with Crippen molar-refractivity contribution in [1.29, 1.82) is 0 Å². The van der Waals surface area contributed by atoms with Gasteiger partial charge < -0.3 is 9.47 Å². The third kappa shape index (κ3) is 4.10. The van der Waals surface area contributed by atoms with Crippen molar-refractivity contribution in [2.45, 2.75) is 19.5 Å². The summed E-state index contributed by atoms with van der Waals surface area (Å²) in [6.45, 7) is 4.87. The zero-order valence-corrected chi connectivity index (χ0v) is 22.4. The predicted octanol–water partition coefficient (Wildman–Crippen LogP) is 8.42. The van der Waals surface area contributed by atoms with Crippen LogP contribution in [0.5, 0.6) is 11.5 Å². The van der Waals surface area contributed by atoms with Gasteiger partial charge >= 0.3 is 0 Å². The molecule has 2 nitrogen and oxygen atoms in total. The lowest BCUT2D eigenvalue weighted by molar-refractivity contribution is 0.414. The lowest BCUT2D eigenvalue weighted by Gasteiger charge is -2.30. The summed E-state index contributed by atoms with van der Waals surface area (Å²) in [4.78, 5) is 0. The molecule has 0 bridgehead atoms. The van der Waals surface area contributed by atoms with Gasteiger partial charge in [0.05, 0.1) is 14.2 Å². The lowest BCUT2D eigenvalue weighted by atomic mass is 9.89. The second-order valence-corrected chi connectivity index (χ2v) is 13.8. The summed E-state index contributed by atoms with van der Waals surface area (Å²) < 4.78 is 11.3. The molecule has 1 aliphatic heterocycles. The molecule has 0 amide bonds. The van der Waals surface area contributed by atoms with Gasteiger partial charge in [-0.2, -0.15) is 0 Å². The Hall–Kier alpha value is -3.82. The van der Waals surface area contributed by atoms with Crippen LogP contribution in [-0.2, 0) is 0 Å². The van der Waals surface area contributed by atoms with Crippen LogP contribution in [0.1, 0.15) is 29.2 Å². The van der Waals surface area contributed by atoms with E-state index in [9.17, 15) is 0 Å². The number of allylic oxidation sites excluding steroid dienone is 2. The molecule has 0 fully saturated rings. The van der Waals surface area contributed by atoms with Crippen LogP contribution < -0.4 is 9.47 Å². The van der Waals surface area contributed by atoms with E-state index in [0.717, 1.165) is 17.5 Å². The normalized spacial score (nSPS) is 14.8. The van der Waals surface area contributed by atoms with Crippen LogP contribution in [-0.4, -0.2) is 22.3 Å². The third-order valence-corrected chi connectivity index (χ3v) is 12.1. The molecule has 0 N–H and O–H groups in total. The molecule has 0 radical (unpaired) electrons. The SMILES string of the molecule is CC[Si]1(C)C(c2cccc(OC)c2)=C(c2ccccc2)C(c2ccccc2)=C1c1cccc(OC)c1. The van der Waals surface area contributed by atoms with Gasteiger partial charge in [-0.3, -0.25) is 0 Å². The van der Waals surface area contributed by atoms with Crippen molar-refractivity contribution in [2.75, 3.05) is 14.2 Å². The standard InChI is InChI=1S/C33H32O2Si/c1-5-36(4)32(26-18-12-20-28(22-26)34-2)30(24-14-8-6-9-15-24)31(25-16-10-7-11-17-25)33(36)27-19-13-21-29(23-27)35-3/h6-23H,5H2,1-4H3. The summed E-state index contributed by atoms with van der Waals surface area (Å²) in [6, 6.07) is 40.0. The van der Waals surface area contributed by atoms with Gasteiger partial charge in [-0.25, -0.2) is 0 Å². The maximum atomic E-state index is 5.67. The fourth-order valence-electron chi connectivity index (χ4n) is 5.55. The van der Waals surface area contributed by atoms with Crippen molar-refractivity contribution in [2.24, 2.45) is 0 Å². The first-order valence-electron chi connectivity index (χ1n) is 12.5. The zero-order chi connectivity index (χ0) is 25.1. The minimum Gasteiger partial charge on any atom is -0.497 e. The Morgan fingerprint density at radius 3 is 1.28 bits per heavy atom. The summed E-state index contributed by atoms with van der Waals surface area (Å²) in [6.07, 6.45) is 0. The van der Waals surface area contributed by atoms with Crippen LogP contribution >= 0.6 is 0 Å². The topological polar surface area (TPSA) is 18.5 Å².